The van der Waals surface area contributed by atoms with Crippen molar-refractivity contribution in [3.63, 3.8) is 0 Å². The molecule has 5 aliphatic heterocycles. The fourth-order valence-electron chi connectivity index (χ4n) is 12.9. The predicted molar refractivity (Wildman–Crippen MR) is 300 cm³/mol. The molecule has 0 spiro atoms. The number of piperazine rings is 1. The SMILES string of the molecule is CO[C@H]1C=CO[C@@]2(C)Oc3c(C)c(O)c4c(c3C2=O)C(=O)C(N2CCN(C3(C5CCN(c6c(F)cc7c(=O)c(C(=O)O)cn(C8CC8)c7c6Cl)C5)CC3)CC2)=C(NC(=O)/C(C)=C\C=C\[C@H](C)[C@H](O)[C@@H](N)[C@@H](O)[C@@H](N)[C@H](OC(C)=O)[C@@H]1C)C4=O. The van der Waals surface area contributed by atoms with Gasteiger partial charge in [-0.2, -0.15) is 0 Å². The molecule has 1 unspecified atom stereocenters. The number of hydrogen-bond donors (Lipinski definition) is 7. The van der Waals surface area contributed by atoms with Crippen LogP contribution in [0.3, 0.4) is 0 Å². The molecule has 22 nitrogen and oxygen atoms in total. The van der Waals surface area contributed by atoms with Gasteiger partial charge in [0.2, 0.25) is 17.0 Å². The van der Waals surface area contributed by atoms with E-state index in [4.69, 9.17) is 42.0 Å². The van der Waals surface area contributed by atoms with Gasteiger partial charge in [0.25, 0.3) is 11.7 Å². The molecule has 2 saturated heterocycles. The summed E-state index contributed by atoms with van der Waals surface area (Å²) in [5, 5.41) is 47.1. The molecule has 9 N–H and O–H groups in total. The molecule has 2 aromatic carbocycles. The monoisotopic (exact) mass is 1170 g/mol. The fourth-order valence-corrected chi connectivity index (χ4v) is 13.3. The molecule has 1 aromatic heterocycles. The zero-order valence-corrected chi connectivity index (χ0v) is 47.8. The lowest BCUT2D eigenvalue weighted by Crippen LogP contribution is -2.60. The number of nitrogens with two attached hydrogens (primary N) is 2. The Morgan fingerprint density at radius 2 is 1.60 bits per heavy atom. The van der Waals surface area contributed by atoms with Crippen LogP contribution < -0.4 is 31.8 Å². The second kappa shape index (κ2) is 22.2. The summed E-state index contributed by atoms with van der Waals surface area (Å²) in [7, 11) is 1.35. The minimum Gasteiger partial charge on any atom is -0.507 e. The van der Waals surface area contributed by atoms with Gasteiger partial charge in [0, 0.05) is 101 Å². The highest BCUT2D eigenvalue weighted by atomic mass is 35.5. The number of anilines is 1. The fraction of sp³-hybridized carbons (Fsp3) is 0.508. The molecule has 8 aliphatic rings. The highest BCUT2D eigenvalue weighted by Crippen LogP contribution is 2.54. The smallest absolute Gasteiger partial charge is 0.341 e. The number of aliphatic hydroxyl groups excluding tert-OH is 2. The van der Waals surface area contributed by atoms with Crippen LogP contribution in [0, 0.1) is 30.5 Å². The van der Waals surface area contributed by atoms with E-state index in [9.17, 15) is 44.4 Å². The van der Waals surface area contributed by atoms with Gasteiger partial charge < -0.3 is 70.5 Å². The summed E-state index contributed by atoms with van der Waals surface area (Å²) in [6.07, 6.45) is 6.71. The van der Waals surface area contributed by atoms with Crippen LogP contribution in [0.25, 0.3) is 10.9 Å². The number of rotatable bonds is 8. The number of aromatic nitrogens is 1. The summed E-state index contributed by atoms with van der Waals surface area (Å²) in [6.45, 7) is 10.5. The number of phenols is 1. The minimum atomic E-state index is -2.20. The standard InChI is InChI=1S/C59H69ClFN7O15/c1-26-9-8-10-27(2)56(77)64-43-46(65-18-20-67(21-19-65)59(15-16-59)31-13-17-66(24-31)45-35(61)23-33-44(40(45)60)68(32-11-12-32)25-34(49(33)72)57(78)79)51(74)37-38(50(43)73)48(71)29(4)53-39(37)55(76)58(6,83-53)81-22-14-36(80-7)28(3)54(82-30(5)69)42(63)52(75)41(62)47(26)70/h8-10,14,22-23,25-26,28,31-32,36,41-42,47,52,54,70-71,75H,11-13,15-21,24,62-63H2,1-7H3,(H,64,77)(H,78,79)/b9-8+,22-14?,27-10-/t26-,28+,31?,36-,41+,42+,47-,52+,54+,58-/m0/s1. The summed E-state index contributed by atoms with van der Waals surface area (Å²) in [6, 6.07) is -1.73. The quantitative estimate of drug-likeness (QED) is 0.156. The number of hydrogen-bond acceptors (Lipinski definition) is 19. The van der Waals surface area contributed by atoms with E-state index in [1.165, 1.54) is 58.4 Å². The van der Waals surface area contributed by atoms with Gasteiger partial charge in [-0.25, -0.2) is 9.18 Å². The van der Waals surface area contributed by atoms with Crippen LogP contribution in [0.15, 0.2) is 64.6 Å². The first-order valence-electron chi connectivity index (χ1n) is 27.9. The molecule has 0 radical (unpaired) electrons. The number of nitrogens with zero attached hydrogens (tertiary/aromatic N) is 4. The average Bonchev–Trinajstić information content (AvgIpc) is 2.71. The number of phenolic OH excluding ortho intramolecular Hbond substituents is 1. The summed E-state index contributed by atoms with van der Waals surface area (Å²) in [4.78, 5) is 103. The number of aromatic carboxylic acids is 1. The van der Waals surface area contributed by atoms with Gasteiger partial charge in [-0.15, -0.1) is 0 Å². The van der Waals surface area contributed by atoms with Crippen molar-refractivity contribution in [2.24, 2.45) is 29.2 Å². The number of benzene rings is 2. The lowest BCUT2D eigenvalue weighted by molar-refractivity contribution is -0.155. The molecule has 10 atom stereocenters. The Morgan fingerprint density at radius 3 is 2.23 bits per heavy atom. The van der Waals surface area contributed by atoms with E-state index >= 15 is 14.0 Å². The number of Topliss-reactive ketones (excluding diaryl/α,β-unsaturated/α-hetero) is 3. The van der Waals surface area contributed by atoms with Gasteiger partial charge >= 0.3 is 17.7 Å². The van der Waals surface area contributed by atoms with Crippen LogP contribution in [-0.4, -0.2) is 164 Å². The normalized spacial score (nSPS) is 30.7. The van der Waals surface area contributed by atoms with Crippen molar-refractivity contribution in [3.05, 3.63) is 109 Å². The number of esters is 1. The highest BCUT2D eigenvalue weighted by Gasteiger charge is 2.57. The maximum Gasteiger partial charge on any atom is 0.341 e. The molecule has 2 saturated carbocycles. The lowest BCUT2D eigenvalue weighted by Gasteiger charge is -2.44. The number of fused-ring (bicyclic) bond motifs is 15. The van der Waals surface area contributed by atoms with Gasteiger partial charge in [-0.3, -0.25) is 33.7 Å². The van der Waals surface area contributed by atoms with Gasteiger partial charge in [0.1, 0.15) is 40.4 Å². The summed E-state index contributed by atoms with van der Waals surface area (Å²) < 4.78 is 41.5. The number of ketones is 3. The van der Waals surface area contributed by atoms with Crippen molar-refractivity contribution in [2.45, 2.75) is 128 Å². The number of carboxylic acids is 1. The van der Waals surface area contributed by atoms with Crippen LogP contribution in [-0.2, 0) is 23.8 Å². The van der Waals surface area contributed by atoms with Crippen LogP contribution in [0.1, 0.15) is 120 Å². The minimum absolute atomic E-state index is 0.0279. The highest BCUT2D eigenvalue weighted by molar-refractivity contribution is 6.38. The molecule has 3 aromatic rings. The van der Waals surface area contributed by atoms with Crippen molar-refractivity contribution < 1.29 is 72.5 Å². The van der Waals surface area contributed by atoms with Crippen molar-refractivity contribution in [1.29, 1.82) is 0 Å². The molecule has 11 rings (SSSR count). The first kappa shape index (κ1) is 59.2. The van der Waals surface area contributed by atoms with Gasteiger partial charge in [0.15, 0.2) is 0 Å². The largest absolute Gasteiger partial charge is 0.507 e. The Morgan fingerprint density at radius 1 is 0.916 bits per heavy atom. The first-order chi connectivity index (χ1) is 39.3. The Kier molecular flexibility index (Phi) is 15.8. The number of methoxy groups -OCH3 is 1. The maximum atomic E-state index is 16.3. The number of pyridine rings is 1. The van der Waals surface area contributed by atoms with Crippen LogP contribution in [0.4, 0.5) is 10.1 Å². The number of aromatic hydroxyl groups is 1. The second-order valence-corrected chi connectivity index (χ2v) is 23.6. The van der Waals surface area contributed by atoms with E-state index < -0.39 is 129 Å². The molecular weight excluding hydrogens is 1100 g/mol. The summed E-state index contributed by atoms with van der Waals surface area (Å²) in [5.41, 5.74) is 9.81. The first-order valence-corrected chi connectivity index (χ1v) is 28.2. The number of amides is 1. The third kappa shape index (κ3) is 10.2. The van der Waals surface area contributed by atoms with Crippen molar-refractivity contribution >= 4 is 63.4 Å². The third-order valence-corrected chi connectivity index (χ3v) is 18.3. The number of halogens is 2. The second-order valence-electron chi connectivity index (χ2n) is 23.2. The van der Waals surface area contributed by atoms with Crippen LogP contribution >= 0.6 is 11.6 Å². The van der Waals surface area contributed by atoms with Crippen LogP contribution in [0.5, 0.6) is 11.5 Å². The number of carbonyl (C=O) groups is 6. The van der Waals surface area contributed by atoms with Gasteiger partial charge in [-0.1, -0.05) is 43.7 Å². The van der Waals surface area contributed by atoms with Crippen molar-refractivity contribution in [2.75, 3.05) is 51.3 Å². The molecule has 444 valence electrons. The number of aliphatic hydroxyl groups is 2. The molecule has 3 aliphatic carbocycles. The van der Waals surface area contributed by atoms with E-state index in [2.05, 4.69) is 10.2 Å². The average molecular weight is 1170 g/mol. The Balaban J connectivity index is 0.968. The van der Waals surface area contributed by atoms with E-state index in [1.54, 1.807) is 23.3 Å². The van der Waals surface area contributed by atoms with Crippen molar-refractivity contribution in [3.8, 4) is 11.5 Å². The van der Waals surface area contributed by atoms with E-state index in [-0.39, 0.29) is 74.8 Å². The van der Waals surface area contributed by atoms with Crippen LogP contribution in [0.2, 0.25) is 5.02 Å². The Labute approximate surface area is 482 Å². The van der Waals surface area contributed by atoms with Crippen molar-refractivity contribution in [1.82, 2.24) is 19.7 Å². The Hall–Kier alpha value is -6.99. The molecule has 6 heterocycles. The molecule has 1 amide bonds. The predicted octanol–water partition coefficient (Wildman–Crippen LogP) is 4.16. The van der Waals surface area contributed by atoms with E-state index in [0.29, 0.717) is 38.1 Å². The summed E-state index contributed by atoms with van der Waals surface area (Å²) >= 11 is 7.06. The molecular formula is C59H69ClFN7O15. The van der Waals surface area contributed by atoms with Gasteiger partial charge in [0.05, 0.1) is 75.0 Å². The summed E-state index contributed by atoms with van der Waals surface area (Å²) in [5.74, 6) is -11.0. The number of carbonyl (C=O) groups excluding carboxylic acids is 5. The number of ether oxygens (including phenoxy) is 4. The zero-order chi connectivity index (χ0) is 60.0. The maximum absolute atomic E-state index is 16.3. The van der Waals surface area contributed by atoms with Gasteiger partial charge in [-0.05, 0) is 64.0 Å². The molecule has 24 heteroatoms. The number of nitrogens with one attached hydrogen (secondary N) is 1. The Bertz CT molecular complexity index is 3450. The lowest BCUT2D eigenvalue weighted by atomic mass is 9.82. The van der Waals surface area contributed by atoms with E-state index in [1.807, 2.05) is 4.90 Å². The third-order valence-electron chi connectivity index (χ3n) is 18.0. The molecule has 83 heavy (non-hydrogen) atoms. The topological polar surface area (TPSA) is 316 Å². The molecule has 4 fully saturated rings. The zero-order valence-electron chi connectivity index (χ0n) is 47.1. The molecule has 5 bridgehead atoms. The number of allylic oxidation sites excluding steroid dienone is 4. The number of carboxylic acid groups (broad SMARTS) is 1. The van der Waals surface area contributed by atoms with E-state index in [0.717, 1.165) is 44.9 Å².